The lowest BCUT2D eigenvalue weighted by molar-refractivity contribution is -0.135. The van der Waals surface area contributed by atoms with Gasteiger partial charge in [0.1, 0.15) is 17.3 Å². The van der Waals surface area contributed by atoms with E-state index in [0.717, 1.165) is 16.3 Å². The highest BCUT2D eigenvalue weighted by atomic mass is 16.5. The van der Waals surface area contributed by atoms with Gasteiger partial charge in [-0.25, -0.2) is 0 Å². The summed E-state index contributed by atoms with van der Waals surface area (Å²) >= 11 is 0. The van der Waals surface area contributed by atoms with Crippen molar-refractivity contribution >= 4 is 28.5 Å². The Labute approximate surface area is 162 Å². The van der Waals surface area contributed by atoms with Gasteiger partial charge in [0.2, 0.25) is 0 Å². The standard InChI is InChI=1S/C22H20N2O4/c1-13(15-5-8-19(9-6-15)27-14(2)25)22(26)28-20-10-7-16-11-18(21(23)24)4-3-17(16)12-20/h3-13H,1-2H3,(H3,23,24). The highest BCUT2D eigenvalue weighted by Gasteiger charge is 2.18. The van der Waals surface area contributed by atoms with Crippen molar-refractivity contribution in [3.8, 4) is 11.5 Å². The van der Waals surface area contributed by atoms with Crippen LogP contribution in [0.25, 0.3) is 10.8 Å². The maximum Gasteiger partial charge on any atom is 0.318 e. The number of amidine groups is 1. The Morgan fingerprint density at radius 2 is 1.50 bits per heavy atom. The first kappa shape index (κ1) is 19.1. The maximum atomic E-state index is 12.5. The van der Waals surface area contributed by atoms with Crippen molar-refractivity contribution in [2.45, 2.75) is 19.8 Å². The number of carbonyl (C=O) groups excluding carboxylic acids is 2. The van der Waals surface area contributed by atoms with Crippen molar-refractivity contribution in [1.29, 1.82) is 5.41 Å². The third-order valence-electron chi connectivity index (χ3n) is 4.34. The molecule has 3 rings (SSSR count). The summed E-state index contributed by atoms with van der Waals surface area (Å²) in [5.41, 5.74) is 6.91. The summed E-state index contributed by atoms with van der Waals surface area (Å²) in [5, 5.41) is 9.29. The zero-order chi connectivity index (χ0) is 20.3. The number of esters is 2. The minimum atomic E-state index is -0.484. The van der Waals surface area contributed by atoms with Crippen molar-refractivity contribution in [3.63, 3.8) is 0 Å². The summed E-state index contributed by atoms with van der Waals surface area (Å²) in [4.78, 5) is 23.5. The number of nitrogen functional groups attached to an aromatic ring is 1. The monoisotopic (exact) mass is 376 g/mol. The van der Waals surface area contributed by atoms with E-state index in [1.54, 1.807) is 49.4 Å². The highest BCUT2D eigenvalue weighted by molar-refractivity contribution is 5.99. The molecule has 0 amide bonds. The van der Waals surface area contributed by atoms with Gasteiger partial charge in [0, 0.05) is 12.5 Å². The minimum Gasteiger partial charge on any atom is -0.427 e. The molecule has 0 saturated carbocycles. The largest absolute Gasteiger partial charge is 0.427 e. The summed E-state index contributed by atoms with van der Waals surface area (Å²) in [6, 6.07) is 17.5. The first-order chi connectivity index (χ1) is 13.3. The summed E-state index contributed by atoms with van der Waals surface area (Å²) in [6.07, 6.45) is 0. The third-order valence-corrected chi connectivity index (χ3v) is 4.34. The summed E-state index contributed by atoms with van der Waals surface area (Å²) in [5.74, 6) is -0.396. The van der Waals surface area contributed by atoms with E-state index in [-0.39, 0.29) is 11.8 Å². The lowest BCUT2D eigenvalue weighted by Crippen LogP contribution is -2.16. The lowest BCUT2D eigenvalue weighted by atomic mass is 10.0. The number of nitrogens with one attached hydrogen (secondary N) is 1. The van der Waals surface area contributed by atoms with Crippen molar-refractivity contribution in [2.75, 3.05) is 0 Å². The van der Waals surface area contributed by atoms with E-state index in [9.17, 15) is 9.59 Å². The molecule has 0 aliphatic carbocycles. The number of nitrogens with two attached hydrogens (primary N) is 1. The second kappa shape index (κ2) is 7.92. The highest BCUT2D eigenvalue weighted by Crippen LogP contribution is 2.25. The average Bonchev–Trinajstić information content (AvgIpc) is 2.67. The van der Waals surface area contributed by atoms with E-state index in [1.165, 1.54) is 6.92 Å². The van der Waals surface area contributed by atoms with Gasteiger partial charge < -0.3 is 15.2 Å². The molecule has 3 aromatic rings. The molecule has 0 saturated heterocycles. The number of carbonyl (C=O) groups is 2. The Hall–Kier alpha value is -3.67. The number of hydrogen-bond acceptors (Lipinski definition) is 5. The van der Waals surface area contributed by atoms with Crippen molar-refractivity contribution in [2.24, 2.45) is 5.73 Å². The summed E-state index contributed by atoms with van der Waals surface area (Å²) in [7, 11) is 0. The van der Waals surface area contributed by atoms with Crippen molar-refractivity contribution < 1.29 is 19.1 Å². The zero-order valence-corrected chi connectivity index (χ0v) is 15.6. The van der Waals surface area contributed by atoms with Gasteiger partial charge in [0.15, 0.2) is 0 Å². The fourth-order valence-electron chi connectivity index (χ4n) is 2.79. The summed E-state index contributed by atoms with van der Waals surface area (Å²) < 4.78 is 10.5. The van der Waals surface area contributed by atoms with Gasteiger partial charge in [0.25, 0.3) is 0 Å². The van der Waals surface area contributed by atoms with E-state index >= 15 is 0 Å². The van der Waals surface area contributed by atoms with Crippen LogP contribution < -0.4 is 15.2 Å². The average molecular weight is 376 g/mol. The smallest absolute Gasteiger partial charge is 0.318 e. The quantitative estimate of drug-likeness (QED) is 0.305. The second-order valence-corrected chi connectivity index (χ2v) is 6.44. The normalized spacial score (nSPS) is 11.6. The Balaban J connectivity index is 1.73. The molecule has 3 N–H and O–H groups in total. The fraction of sp³-hybridized carbons (Fsp3) is 0.136. The van der Waals surface area contributed by atoms with Crippen LogP contribution in [0, 0.1) is 5.41 Å². The zero-order valence-electron chi connectivity index (χ0n) is 15.6. The molecule has 0 fully saturated rings. The van der Waals surface area contributed by atoms with E-state index in [4.69, 9.17) is 20.6 Å². The number of fused-ring (bicyclic) bond motifs is 1. The Kier molecular flexibility index (Phi) is 5.40. The van der Waals surface area contributed by atoms with Gasteiger partial charge >= 0.3 is 11.9 Å². The van der Waals surface area contributed by atoms with E-state index < -0.39 is 11.9 Å². The lowest BCUT2D eigenvalue weighted by Gasteiger charge is -2.13. The molecule has 6 nitrogen and oxygen atoms in total. The van der Waals surface area contributed by atoms with E-state index in [1.807, 2.05) is 18.2 Å². The van der Waals surface area contributed by atoms with Gasteiger partial charge in [-0.2, -0.15) is 0 Å². The van der Waals surface area contributed by atoms with E-state index in [0.29, 0.717) is 17.1 Å². The molecule has 0 spiro atoms. The molecule has 0 radical (unpaired) electrons. The molecule has 0 aliphatic heterocycles. The Bertz CT molecular complexity index is 1060. The van der Waals surface area contributed by atoms with E-state index in [2.05, 4.69) is 0 Å². The molecule has 28 heavy (non-hydrogen) atoms. The Morgan fingerprint density at radius 1 is 0.893 bits per heavy atom. The van der Waals surface area contributed by atoms with Gasteiger partial charge in [0.05, 0.1) is 5.92 Å². The van der Waals surface area contributed by atoms with Crippen LogP contribution in [0.15, 0.2) is 60.7 Å². The molecule has 1 atom stereocenters. The first-order valence-electron chi connectivity index (χ1n) is 8.72. The van der Waals surface area contributed by atoms with Gasteiger partial charge in [-0.1, -0.05) is 30.3 Å². The molecule has 3 aromatic carbocycles. The van der Waals surface area contributed by atoms with Crippen LogP contribution in [0.1, 0.15) is 30.9 Å². The predicted molar refractivity (Wildman–Crippen MR) is 107 cm³/mol. The number of hydrogen-bond donors (Lipinski definition) is 2. The SMILES string of the molecule is CC(=O)Oc1ccc(C(C)C(=O)Oc2ccc3cc(C(=N)N)ccc3c2)cc1. The topological polar surface area (TPSA) is 102 Å². The summed E-state index contributed by atoms with van der Waals surface area (Å²) in [6.45, 7) is 3.09. The molecule has 0 aromatic heterocycles. The molecular weight excluding hydrogens is 356 g/mol. The van der Waals surface area contributed by atoms with Gasteiger partial charge in [-0.15, -0.1) is 0 Å². The number of rotatable bonds is 5. The maximum absolute atomic E-state index is 12.5. The number of benzene rings is 3. The third kappa shape index (κ3) is 4.35. The van der Waals surface area contributed by atoms with Crippen LogP contribution >= 0.6 is 0 Å². The predicted octanol–water partition coefficient (Wildman–Crippen LogP) is 3.76. The fourth-order valence-corrected chi connectivity index (χ4v) is 2.79. The molecule has 6 heteroatoms. The van der Waals surface area contributed by atoms with Crippen molar-refractivity contribution in [3.05, 3.63) is 71.8 Å². The molecular formula is C22H20N2O4. The second-order valence-electron chi connectivity index (χ2n) is 6.44. The molecule has 142 valence electrons. The molecule has 0 bridgehead atoms. The number of ether oxygens (including phenoxy) is 2. The van der Waals surface area contributed by atoms with Crippen LogP contribution in [0.4, 0.5) is 0 Å². The molecule has 0 aliphatic rings. The minimum absolute atomic E-state index is 0.00551. The molecule has 0 heterocycles. The van der Waals surface area contributed by atoms with Gasteiger partial charge in [-0.3, -0.25) is 15.0 Å². The van der Waals surface area contributed by atoms with Crippen LogP contribution in [0.5, 0.6) is 11.5 Å². The van der Waals surface area contributed by atoms with Gasteiger partial charge in [-0.05, 0) is 53.6 Å². The van der Waals surface area contributed by atoms with Crippen LogP contribution in [-0.2, 0) is 9.59 Å². The first-order valence-corrected chi connectivity index (χ1v) is 8.72. The Morgan fingerprint density at radius 3 is 2.14 bits per heavy atom. The van der Waals surface area contributed by atoms with Crippen LogP contribution in [0.3, 0.4) is 0 Å². The molecule has 1 unspecified atom stereocenters. The van der Waals surface area contributed by atoms with Crippen LogP contribution in [-0.4, -0.2) is 17.8 Å². The van der Waals surface area contributed by atoms with Crippen molar-refractivity contribution in [1.82, 2.24) is 0 Å². The van der Waals surface area contributed by atoms with Crippen LogP contribution in [0.2, 0.25) is 0 Å².